The molecule has 0 bridgehead atoms. The van der Waals surface area contributed by atoms with Gasteiger partial charge in [0, 0.05) is 49.7 Å². The van der Waals surface area contributed by atoms with E-state index in [1.54, 1.807) is 12.1 Å². The summed E-state index contributed by atoms with van der Waals surface area (Å²) in [5.74, 6) is 0.958. The fourth-order valence-corrected chi connectivity index (χ4v) is 4.02. The Balaban J connectivity index is 1.31. The van der Waals surface area contributed by atoms with Crippen molar-refractivity contribution in [2.24, 2.45) is 0 Å². The highest BCUT2D eigenvalue weighted by Crippen LogP contribution is 2.19. The number of hydrogen-bond donors (Lipinski definition) is 0. The molecule has 0 saturated carbocycles. The topological polar surface area (TPSA) is 80.9 Å². The molecular weight excluding hydrogens is 468 g/mol. The molecule has 35 heavy (non-hydrogen) atoms. The minimum Gasteiger partial charge on any atom is -0.379 e. The van der Waals surface area contributed by atoms with Gasteiger partial charge in [0.15, 0.2) is 0 Å². The Kier molecular flexibility index (Phi) is 9.65. The third-order valence-electron chi connectivity index (χ3n) is 5.86. The Morgan fingerprint density at radius 2 is 1.83 bits per heavy atom. The maximum atomic E-state index is 13.0. The first kappa shape index (κ1) is 25.3. The first-order valence-corrected chi connectivity index (χ1v) is 12.3. The van der Waals surface area contributed by atoms with Crippen molar-refractivity contribution in [2.45, 2.75) is 19.4 Å². The van der Waals surface area contributed by atoms with Crippen LogP contribution < -0.4 is 0 Å². The summed E-state index contributed by atoms with van der Waals surface area (Å²) in [6.45, 7) is 5.90. The van der Waals surface area contributed by atoms with Gasteiger partial charge >= 0.3 is 0 Å². The number of nitrogens with zero attached hydrogens (tertiary/aromatic N) is 4. The van der Waals surface area contributed by atoms with Crippen molar-refractivity contribution in [1.82, 2.24) is 19.9 Å². The van der Waals surface area contributed by atoms with Crippen LogP contribution in [0.4, 0.5) is 0 Å². The van der Waals surface area contributed by atoms with Gasteiger partial charge in [-0.15, -0.1) is 0 Å². The smallest absolute Gasteiger partial charge is 0.248 e. The Morgan fingerprint density at radius 3 is 2.60 bits per heavy atom. The SMILES string of the molecule is O=C(COCc1ccccc1)N(CCCN1CCOCC1)CCc1nc(-c2ccc(Cl)cc2)no1. The molecule has 0 spiro atoms. The number of halogens is 1. The van der Waals surface area contributed by atoms with Crippen LogP contribution in [0.5, 0.6) is 0 Å². The highest BCUT2D eigenvalue weighted by Gasteiger charge is 2.17. The molecule has 186 valence electrons. The zero-order valence-corrected chi connectivity index (χ0v) is 20.5. The molecule has 9 heteroatoms. The molecule has 4 rings (SSSR count). The van der Waals surface area contributed by atoms with Gasteiger partial charge in [0.05, 0.1) is 19.8 Å². The number of ether oxygens (including phenoxy) is 2. The number of hydrogen-bond acceptors (Lipinski definition) is 7. The van der Waals surface area contributed by atoms with Gasteiger partial charge in [0.25, 0.3) is 0 Å². The second kappa shape index (κ2) is 13.3. The number of benzene rings is 2. The van der Waals surface area contributed by atoms with E-state index in [9.17, 15) is 4.79 Å². The Morgan fingerprint density at radius 1 is 1.06 bits per heavy atom. The third kappa shape index (κ3) is 8.14. The summed E-state index contributed by atoms with van der Waals surface area (Å²) in [6, 6.07) is 17.1. The van der Waals surface area contributed by atoms with Gasteiger partial charge in [-0.25, -0.2) is 0 Å². The van der Waals surface area contributed by atoms with E-state index in [2.05, 4.69) is 15.0 Å². The van der Waals surface area contributed by atoms with E-state index in [0.717, 1.165) is 50.4 Å². The van der Waals surface area contributed by atoms with Crippen LogP contribution in [0.25, 0.3) is 11.4 Å². The van der Waals surface area contributed by atoms with Crippen molar-refractivity contribution in [2.75, 3.05) is 52.5 Å². The van der Waals surface area contributed by atoms with Gasteiger partial charge in [0.1, 0.15) is 6.61 Å². The average Bonchev–Trinajstić information content (AvgIpc) is 3.37. The quantitative estimate of drug-likeness (QED) is 0.376. The zero-order valence-electron chi connectivity index (χ0n) is 19.8. The number of rotatable bonds is 12. The summed E-state index contributed by atoms with van der Waals surface area (Å²) >= 11 is 5.96. The maximum Gasteiger partial charge on any atom is 0.248 e. The molecule has 0 unspecified atom stereocenters. The zero-order chi connectivity index (χ0) is 24.3. The Bertz CT molecular complexity index is 1040. The van der Waals surface area contributed by atoms with Gasteiger partial charge in [0.2, 0.25) is 17.6 Å². The predicted octanol–water partition coefficient (Wildman–Crippen LogP) is 3.70. The number of amides is 1. The summed E-state index contributed by atoms with van der Waals surface area (Å²) in [5.41, 5.74) is 1.87. The fraction of sp³-hybridized carbons (Fsp3) is 0.423. The van der Waals surface area contributed by atoms with Crippen LogP contribution >= 0.6 is 11.6 Å². The van der Waals surface area contributed by atoms with Crippen molar-refractivity contribution in [3.05, 3.63) is 71.1 Å². The molecule has 3 aromatic rings. The molecule has 0 aliphatic carbocycles. The fourth-order valence-electron chi connectivity index (χ4n) is 3.90. The standard InChI is InChI=1S/C26H31ClN4O4/c27-23-9-7-22(8-10-23)26-28-24(35-29-26)11-14-31(13-4-12-30-15-17-33-18-16-30)25(32)20-34-19-21-5-2-1-3-6-21/h1-3,5-10H,4,11-20H2. The third-order valence-corrected chi connectivity index (χ3v) is 6.11. The second-order valence-corrected chi connectivity index (χ2v) is 8.87. The highest BCUT2D eigenvalue weighted by atomic mass is 35.5. The molecule has 1 aliphatic heterocycles. The normalized spacial score (nSPS) is 14.2. The molecule has 1 saturated heterocycles. The summed E-state index contributed by atoms with van der Waals surface area (Å²) in [5, 5.41) is 4.72. The lowest BCUT2D eigenvalue weighted by atomic mass is 10.2. The first-order valence-electron chi connectivity index (χ1n) is 12.0. The van der Waals surface area contributed by atoms with Gasteiger partial charge < -0.3 is 18.9 Å². The van der Waals surface area contributed by atoms with Crippen molar-refractivity contribution in [1.29, 1.82) is 0 Å². The summed E-state index contributed by atoms with van der Waals surface area (Å²) in [6.07, 6.45) is 1.35. The van der Waals surface area contributed by atoms with E-state index in [1.165, 1.54) is 0 Å². The molecule has 0 atom stereocenters. The predicted molar refractivity (Wildman–Crippen MR) is 133 cm³/mol. The molecule has 0 N–H and O–H groups in total. The second-order valence-electron chi connectivity index (χ2n) is 8.44. The van der Waals surface area contributed by atoms with E-state index in [0.29, 0.717) is 42.9 Å². The molecule has 2 aromatic carbocycles. The van der Waals surface area contributed by atoms with E-state index >= 15 is 0 Å². The molecular formula is C26H31ClN4O4. The Labute approximate surface area is 210 Å². The van der Waals surface area contributed by atoms with E-state index in [1.807, 2.05) is 47.4 Å². The largest absolute Gasteiger partial charge is 0.379 e. The van der Waals surface area contributed by atoms with Gasteiger partial charge in [-0.05, 0) is 36.2 Å². The lowest BCUT2D eigenvalue weighted by molar-refractivity contribution is -0.136. The van der Waals surface area contributed by atoms with E-state index in [-0.39, 0.29) is 12.5 Å². The Hall–Kier alpha value is -2.78. The molecule has 8 nitrogen and oxygen atoms in total. The van der Waals surface area contributed by atoms with Crippen LogP contribution in [0.3, 0.4) is 0 Å². The number of morpholine rings is 1. The van der Waals surface area contributed by atoms with Crippen LogP contribution in [0.15, 0.2) is 59.1 Å². The van der Waals surface area contributed by atoms with Crippen LogP contribution in [0.2, 0.25) is 5.02 Å². The highest BCUT2D eigenvalue weighted by molar-refractivity contribution is 6.30. The molecule has 1 aliphatic rings. The minimum absolute atomic E-state index is 0.0340. The lowest BCUT2D eigenvalue weighted by Gasteiger charge is -2.28. The van der Waals surface area contributed by atoms with Crippen molar-refractivity contribution >= 4 is 17.5 Å². The van der Waals surface area contributed by atoms with Crippen molar-refractivity contribution < 1.29 is 18.8 Å². The molecule has 1 amide bonds. The summed E-state index contributed by atoms with van der Waals surface area (Å²) in [7, 11) is 0. The number of carbonyl (C=O) groups excluding carboxylic acids is 1. The van der Waals surface area contributed by atoms with Crippen LogP contribution in [-0.4, -0.2) is 78.4 Å². The van der Waals surface area contributed by atoms with Crippen molar-refractivity contribution in [3.8, 4) is 11.4 Å². The average molecular weight is 499 g/mol. The van der Waals surface area contributed by atoms with Crippen LogP contribution in [0.1, 0.15) is 17.9 Å². The molecule has 2 heterocycles. The summed E-state index contributed by atoms with van der Waals surface area (Å²) < 4.78 is 16.6. The maximum absolute atomic E-state index is 13.0. The monoisotopic (exact) mass is 498 g/mol. The molecule has 1 aromatic heterocycles. The summed E-state index contributed by atoms with van der Waals surface area (Å²) in [4.78, 5) is 21.7. The van der Waals surface area contributed by atoms with Gasteiger partial charge in [-0.1, -0.05) is 47.1 Å². The minimum atomic E-state index is -0.0413. The molecule has 1 fully saturated rings. The van der Waals surface area contributed by atoms with Gasteiger partial charge in [-0.3, -0.25) is 9.69 Å². The lowest BCUT2D eigenvalue weighted by Crippen LogP contribution is -2.40. The number of aromatic nitrogens is 2. The van der Waals surface area contributed by atoms with Gasteiger partial charge in [-0.2, -0.15) is 4.98 Å². The number of carbonyl (C=O) groups is 1. The molecule has 0 radical (unpaired) electrons. The first-order chi connectivity index (χ1) is 17.2. The van der Waals surface area contributed by atoms with Crippen LogP contribution in [0, 0.1) is 0 Å². The van der Waals surface area contributed by atoms with E-state index in [4.69, 9.17) is 25.6 Å². The van der Waals surface area contributed by atoms with E-state index < -0.39 is 0 Å². The van der Waals surface area contributed by atoms with Crippen LogP contribution in [-0.2, 0) is 27.3 Å². The van der Waals surface area contributed by atoms with Crippen molar-refractivity contribution in [3.63, 3.8) is 0 Å².